The van der Waals surface area contributed by atoms with E-state index in [1.165, 1.54) is 11.3 Å². The lowest BCUT2D eigenvalue weighted by Crippen LogP contribution is -2.37. The predicted molar refractivity (Wildman–Crippen MR) is 141 cm³/mol. The van der Waals surface area contributed by atoms with E-state index in [4.69, 9.17) is 5.10 Å². The highest BCUT2D eigenvalue weighted by molar-refractivity contribution is 7.12. The first-order chi connectivity index (χ1) is 16.7. The first-order valence-electron chi connectivity index (χ1n) is 11.5. The lowest BCUT2D eigenvalue weighted by Gasteiger charge is -2.22. The van der Waals surface area contributed by atoms with Crippen LogP contribution in [0.5, 0.6) is 0 Å². The number of carbonyl (C=O) groups is 2. The molecule has 1 N–H and O–H groups in total. The van der Waals surface area contributed by atoms with Gasteiger partial charge in [0.15, 0.2) is 0 Å². The first-order valence-corrected chi connectivity index (χ1v) is 12.4. The van der Waals surface area contributed by atoms with Gasteiger partial charge in [0.05, 0.1) is 16.3 Å². The van der Waals surface area contributed by atoms with Gasteiger partial charge < -0.3 is 10.2 Å². The molecule has 0 spiro atoms. The second-order valence-electron chi connectivity index (χ2n) is 9.58. The maximum atomic E-state index is 13.2. The number of nitrogens with one attached hydrogen (secondary N) is 1. The molecule has 0 aliphatic carbocycles. The third-order valence-electron chi connectivity index (χ3n) is 5.59. The number of rotatable bonds is 7. The number of anilines is 1. The molecule has 6 nitrogen and oxygen atoms in total. The summed E-state index contributed by atoms with van der Waals surface area (Å²) in [5.41, 5.74) is 3.64. The van der Waals surface area contributed by atoms with E-state index >= 15 is 0 Å². The Morgan fingerprint density at radius 3 is 2.34 bits per heavy atom. The highest BCUT2D eigenvalue weighted by Crippen LogP contribution is 2.26. The van der Waals surface area contributed by atoms with Crippen LogP contribution in [0.1, 0.15) is 47.3 Å². The van der Waals surface area contributed by atoms with E-state index in [0.717, 1.165) is 22.5 Å². The molecule has 0 aliphatic heterocycles. The van der Waals surface area contributed by atoms with E-state index in [-0.39, 0.29) is 23.8 Å². The molecular formula is C28H30N4O2S. The second-order valence-corrected chi connectivity index (χ2v) is 10.5. The molecular weight excluding hydrogens is 456 g/mol. The summed E-state index contributed by atoms with van der Waals surface area (Å²) in [7, 11) is 0. The predicted octanol–water partition coefficient (Wildman–Crippen LogP) is 5.82. The SMILES string of the molecule is Cc1ccc(-n2nc(C(C)(C)C)cc2NC(=O)CN(Cc2ccccc2)C(=O)c2cccs2)cc1. The Morgan fingerprint density at radius 2 is 1.71 bits per heavy atom. The van der Waals surface area contributed by atoms with Crippen molar-refractivity contribution < 1.29 is 9.59 Å². The van der Waals surface area contributed by atoms with E-state index in [1.54, 1.807) is 15.6 Å². The smallest absolute Gasteiger partial charge is 0.264 e. The fraction of sp³-hybridized carbons (Fsp3) is 0.250. The van der Waals surface area contributed by atoms with Crippen LogP contribution in [0.4, 0.5) is 5.82 Å². The van der Waals surface area contributed by atoms with Crippen LogP contribution in [-0.4, -0.2) is 33.0 Å². The van der Waals surface area contributed by atoms with Gasteiger partial charge in [-0.05, 0) is 36.1 Å². The van der Waals surface area contributed by atoms with Crippen LogP contribution >= 0.6 is 11.3 Å². The minimum Gasteiger partial charge on any atom is -0.324 e. The van der Waals surface area contributed by atoms with E-state index in [9.17, 15) is 9.59 Å². The molecule has 180 valence electrons. The molecule has 0 aliphatic rings. The number of amides is 2. The number of aromatic nitrogens is 2. The van der Waals surface area contributed by atoms with Crippen molar-refractivity contribution in [2.75, 3.05) is 11.9 Å². The van der Waals surface area contributed by atoms with Gasteiger partial charge in [-0.3, -0.25) is 9.59 Å². The Hall–Kier alpha value is -3.71. The van der Waals surface area contributed by atoms with Crippen molar-refractivity contribution >= 4 is 29.0 Å². The van der Waals surface area contributed by atoms with Crippen LogP contribution in [0, 0.1) is 6.92 Å². The molecule has 0 saturated carbocycles. The summed E-state index contributed by atoms with van der Waals surface area (Å²) >= 11 is 1.37. The zero-order valence-electron chi connectivity index (χ0n) is 20.5. The van der Waals surface area contributed by atoms with Crippen LogP contribution in [0.3, 0.4) is 0 Å². The molecule has 2 heterocycles. The number of aryl methyl sites for hydroxylation is 1. The van der Waals surface area contributed by atoms with Gasteiger partial charge in [0.25, 0.3) is 5.91 Å². The maximum absolute atomic E-state index is 13.2. The van der Waals surface area contributed by atoms with Gasteiger partial charge >= 0.3 is 0 Å². The van der Waals surface area contributed by atoms with Crippen molar-refractivity contribution in [3.63, 3.8) is 0 Å². The summed E-state index contributed by atoms with van der Waals surface area (Å²) in [6, 6.07) is 23.2. The Morgan fingerprint density at radius 1 is 1.00 bits per heavy atom. The molecule has 2 aromatic carbocycles. The number of nitrogens with zero attached hydrogens (tertiary/aromatic N) is 3. The van der Waals surface area contributed by atoms with Gasteiger partial charge in [-0.1, -0.05) is 74.9 Å². The highest BCUT2D eigenvalue weighted by atomic mass is 32.1. The van der Waals surface area contributed by atoms with E-state index < -0.39 is 0 Å². The summed E-state index contributed by atoms with van der Waals surface area (Å²) in [5, 5.41) is 9.65. The summed E-state index contributed by atoms with van der Waals surface area (Å²) in [6.07, 6.45) is 0. The average Bonchev–Trinajstić information content (AvgIpc) is 3.50. The Kier molecular flexibility index (Phi) is 7.17. The van der Waals surface area contributed by atoms with Crippen LogP contribution in [0.2, 0.25) is 0 Å². The Labute approximate surface area is 210 Å². The molecule has 0 atom stereocenters. The van der Waals surface area contributed by atoms with Crippen LogP contribution < -0.4 is 5.32 Å². The van der Waals surface area contributed by atoms with Gasteiger partial charge in [0.1, 0.15) is 12.4 Å². The average molecular weight is 487 g/mol. The van der Waals surface area contributed by atoms with Gasteiger partial charge in [0.2, 0.25) is 5.91 Å². The zero-order valence-corrected chi connectivity index (χ0v) is 21.3. The molecule has 7 heteroatoms. The Bertz CT molecular complexity index is 1290. The van der Waals surface area contributed by atoms with Crippen LogP contribution in [0.25, 0.3) is 5.69 Å². The molecule has 0 saturated heterocycles. The number of benzene rings is 2. The van der Waals surface area contributed by atoms with Crippen LogP contribution in [0.15, 0.2) is 78.2 Å². The lowest BCUT2D eigenvalue weighted by atomic mass is 9.92. The van der Waals surface area contributed by atoms with Crippen molar-refractivity contribution in [2.45, 2.75) is 39.7 Å². The monoisotopic (exact) mass is 486 g/mol. The standard InChI is InChI=1S/C28H30N4O2S/c1-20-12-14-22(15-13-20)32-25(17-24(30-32)28(2,3)4)29-26(33)19-31(18-21-9-6-5-7-10-21)27(34)23-11-8-16-35-23/h5-17H,18-19H2,1-4H3,(H,29,33). The Balaban J connectivity index is 1.60. The quantitative estimate of drug-likeness (QED) is 0.358. The fourth-order valence-corrected chi connectivity index (χ4v) is 4.33. The third-order valence-corrected chi connectivity index (χ3v) is 6.45. The van der Waals surface area contributed by atoms with Gasteiger partial charge in [-0.2, -0.15) is 5.10 Å². The van der Waals surface area contributed by atoms with Crippen molar-refractivity contribution in [3.8, 4) is 5.69 Å². The lowest BCUT2D eigenvalue weighted by molar-refractivity contribution is -0.117. The first kappa shape index (κ1) is 24.4. The molecule has 0 unspecified atom stereocenters. The zero-order chi connectivity index (χ0) is 25.0. The van der Waals surface area contributed by atoms with E-state index in [2.05, 4.69) is 26.1 Å². The summed E-state index contributed by atoms with van der Waals surface area (Å²) in [4.78, 5) is 28.6. The van der Waals surface area contributed by atoms with E-state index in [1.807, 2.05) is 79.0 Å². The topological polar surface area (TPSA) is 67.2 Å². The molecule has 4 rings (SSSR count). The summed E-state index contributed by atoms with van der Waals surface area (Å²) in [5.74, 6) is 0.132. The van der Waals surface area contributed by atoms with Gasteiger partial charge in [-0.15, -0.1) is 11.3 Å². The molecule has 0 bridgehead atoms. The number of hydrogen-bond donors (Lipinski definition) is 1. The third kappa shape index (κ3) is 6.05. The van der Waals surface area contributed by atoms with Crippen molar-refractivity contribution in [2.24, 2.45) is 0 Å². The van der Waals surface area contributed by atoms with E-state index in [0.29, 0.717) is 17.2 Å². The van der Waals surface area contributed by atoms with Gasteiger partial charge in [0, 0.05) is 18.0 Å². The second kappa shape index (κ2) is 10.3. The van der Waals surface area contributed by atoms with Crippen molar-refractivity contribution in [1.82, 2.24) is 14.7 Å². The molecule has 2 aromatic heterocycles. The molecule has 0 fully saturated rings. The molecule has 2 amide bonds. The normalized spacial score (nSPS) is 11.3. The van der Waals surface area contributed by atoms with Crippen molar-refractivity contribution in [1.29, 1.82) is 0 Å². The van der Waals surface area contributed by atoms with Gasteiger partial charge in [-0.25, -0.2) is 4.68 Å². The number of thiophene rings is 1. The molecule has 4 aromatic rings. The minimum absolute atomic E-state index is 0.0739. The maximum Gasteiger partial charge on any atom is 0.264 e. The minimum atomic E-state index is -0.278. The van der Waals surface area contributed by atoms with Crippen molar-refractivity contribution in [3.05, 3.63) is 99.9 Å². The molecule has 0 radical (unpaired) electrons. The highest BCUT2D eigenvalue weighted by Gasteiger charge is 2.24. The van der Waals surface area contributed by atoms with Crippen LogP contribution in [-0.2, 0) is 16.8 Å². The summed E-state index contributed by atoms with van der Waals surface area (Å²) < 4.78 is 1.75. The fourth-order valence-electron chi connectivity index (χ4n) is 3.63. The number of hydrogen-bond acceptors (Lipinski definition) is 4. The molecule has 35 heavy (non-hydrogen) atoms. The largest absolute Gasteiger partial charge is 0.324 e. The summed E-state index contributed by atoms with van der Waals surface area (Å²) in [6.45, 7) is 8.55. The number of carbonyl (C=O) groups excluding carboxylic acids is 2.